The number of methoxy groups -OCH3 is 1. The molecular formula is C11H11F3N2O6. The molecule has 1 heterocycles. The average Bonchev–Trinajstić information content (AvgIpc) is 2.38. The predicted molar refractivity (Wildman–Crippen MR) is 64.5 cm³/mol. The number of pyridine rings is 1. The minimum Gasteiger partial charge on any atom is -0.481 e. The van der Waals surface area contributed by atoms with Crippen molar-refractivity contribution in [1.29, 1.82) is 0 Å². The van der Waals surface area contributed by atoms with Gasteiger partial charge in [0.15, 0.2) is 0 Å². The fourth-order valence-corrected chi connectivity index (χ4v) is 1.50. The lowest BCUT2D eigenvalue weighted by atomic mass is 10.1. The van der Waals surface area contributed by atoms with E-state index in [1.165, 1.54) is 6.92 Å². The monoisotopic (exact) mass is 324 g/mol. The van der Waals surface area contributed by atoms with Gasteiger partial charge >= 0.3 is 12.3 Å². The summed E-state index contributed by atoms with van der Waals surface area (Å²) < 4.78 is 50.0. The third-order valence-corrected chi connectivity index (χ3v) is 2.28. The largest absolute Gasteiger partial charge is 0.574 e. The molecule has 0 radical (unpaired) electrons. The van der Waals surface area contributed by atoms with Crippen molar-refractivity contribution < 1.29 is 37.1 Å². The number of nitro groups is 1. The van der Waals surface area contributed by atoms with Gasteiger partial charge in [0.2, 0.25) is 11.8 Å². The van der Waals surface area contributed by atoms with Gasteiger partial charge in [-0.05, 0) is 6.92 Å². The normalized spacial score (nSPS) is 11.0. The Bertz CT molecular complexity index is 576. The Morgan fingerprint density at radius 1 is 1.45 bits per heavy atom. The van der Waals surface area contributed by atoms with Crippen molar-refractivity contribution in [3.05, 3.63) is 21.7 Å². The van der Waals surface area contributed by atoms with Crippen molar-refractivity contribution in [3.8, 4) is 11.8 Å². The fourth-order valence-electron chi connectivity index (χ4n) is 1.50. The summed E-state index contributed by atoms with van der Waals surface area (Å²) in [5.41, 5.74) is -1.44. The first kappa shape index (κ1) is 17.5. The number of carbonyl (C=O) groups is 1. The zero-order valence-electron chi connectivity index (χ0n) is 11.5. The number of nitrogens with zero attached hydrogens (tertiary/aromatic N) is 2. The predicted octanol–water partition coefficient (Wildman–Crippen LogP) is 2.00. The van der Waals surface area contributed by atoms with Gasteiger partial charge in [0, 0.05) is 0 Å². The van der Waals surface area contributed by atoms with Crippen LogP contribution in [0.5, 0.6) is 11.8 Å². The highest BCUT2D eigenvalue weighted by atomic mass is 19.4. The Labute approximate surface area is 121 Å². The minimum atomic E-state index is -5.14. The molecule has 1 rings (SSSR count). The zero-order valence-corrected chi connectivity index (χ0v) is 11.5. The van der Waals surface area contributed by atoms with Gasteiger partial charge in [-0.25, -0.2) is 0 Å². The summed E-state index contributed by atoms with van der Waals surface area (Å²) in [6.07, 6.45) is -5.94. The van der Waals surface area contributed by atoms with Gasteiger partial charge in [0.25, 0.3) is 5.69 Å². The molecule has 0 fully saturated rings. The summed E-state index contributed by atoms with van der Waals surface area (Å²) in [5, 5.41) is 11.0. The third-order valence-electron chi connectivity index (χ3n) is 2.28. The first-order chi connectivity index (χ1) is 10.2. The lowest BCUT2D eigenvalue weighted by Crippen LogP contribution is -2.21. The Kier molecular flexibility index (Phi) is 5.49. The topological polar surface area (TPSA) is 101 Å². The number of ether oxygens (including phenoxy) is 3. The van der Waals surface area contributed by atoms with E-state index in [1.54, 1.807) is 0 Å². The lowest BCUT2D eigenvalue weighted by molar-refractivity contribution is -0.385. The van der Waals surface area contributed by atoms with E-state index in [0.29, 0.717) is 0 Å². The Hall–Kier alpha value is -2.59. The number of halogens is 3. The second-order valence-corrected chi connectivity index (χ2v) is 3.75. The van der Waals surface area contributed by atoms with E-state index in [-0.39, 0.29) is 6.61 Å². The Morgan fingerprint density at radius 2 is 2.09 bits per heavy atom. The van der Waals surface area contributed by atoms with Crippen LogP contribution in [0.2, 0.25) is 0 Å². The molecule has 0 saturated heterocycles. The van der Waals surface area contributed by atoms with Crippen LogP contribution in [0.25, 0.3) is 0 Å². The maximum Gasteiger partial charge on any atom is 0.574 e. The van der Waals surface area contributed by atoms with E-state index in [0.717, 1.165) is 13.2 Å². The van der Waals surface area contributed by atoms with Crippen LogP contribution in [-0.2, 0) is 16.0 Å². The average molecular weight is 324 g/mol. The molecule has 0 aliphatic carbocycles. The van der Waals surface area contributed by atoms with Crippen molar-refractivity contribution in [2.45, 2.75) is 19.7 Å². The van der Waals surface area contributed by atoms with Crippen LogP contribution < -0.4 is 9.47 Å². The second-order valence-electron chi connectivity index (χ2n) is 3.75. The van der Waals surface area contributed by atoms with Crippen LogP contribution >= 0.6 is 0 Å². The second kappa shape index (κ2) is 6.91. The maximum absolute atomic E-state index is 12.4. The van der Waals surface area contributed by atoms with Crippen molar-refractivity contribution in [1.82, 2.24) is 4.98 Å². The summed E-state index contributed by atoms with van der Waals surface area (Å²) >= 11 is 0. The van der Waals surface area contributed by atoms with Crippen LogP contribution in [0, 0.1) is 10.1 Å². The Balaban J connectivity index is 3.38. The molecule has 0 aromatic carbocycles. The van der Waals surface area contributed by atoms with E-state index in [1.807, 2.05) is 0 Å². The number of esters is 1. The van der Waals surface area contributed by atoms with Crippen molar-refractivity contribution in [2.24, 2.45) is 0 Å². The van der Waals surface area contributed by atoms with Crippen LogP contribution in [0.4, 0.5) is 18.9 Å². The van der Waals surface area contributed by atoms with E-state index in [2.05, 4.69) is 19.2 Å². The molecule has 11 heteroatoms. The molecule has 8 nitrogen and oxygen atoms in total. The van der Waals surface area contributed by atoms with E-state index in [4.69, 9.17) is 0 Å². The third kappa shape index (κ3) is 4.75. The quantitative estimate of drug-likeness (QED) is 0.448. The molecule has 22 heavy (non-hydrogen) atoms. The molecule has 0 spiro atoms. The minimum absolute atomic E-state index is 0.0360. The number of hydrogen-bond donors (Lipinski definition) is 0. The van der Waals surface area contributed by atoms with Gasteiger partial charge in [-0.15, -0.1) is 13.2 Å². The molecule has 0 atom stereocenters. The first-order valence-corrected chi connectivity index (χ1v) is 5.81. The number of carbonyl (C=O) groups excluding carboxylic acids is 1. The smallest absolute Gasteiger partial charge is 0.481 e. The van der Waals surface area contributed by atoms with E-state index < -0.39 is 46.7 Å². The molecule has 1 aromatic heterocycles. The number of rotatable bonds is 6. The molecular weight excluding hydrogens is 313 g/mol. The molecule has 0 N–H and O–H groups in total. The van der Waals surface area contributed by atoms with E-state index >= 15 is 0 Å². The number of aromatic nitrogens is 1. The molecule has 0 unspecified atom stereocenters. The van der Waals surface area contributed by atoms with Gasteiger partial charge in [0.1, 0.15) is 5.56 Å². The maximum atomic E-state index is 12.4. The van der Waals surface area contributed by atoms with Gasteiger partial charge in [-0.2, -0.15) is 4.98 Å². The fraction of sp³-hybridized carbons (Fsp3) is 0.455. The summed E-state index contributed by atoms with van der Waals surface area (Å²) in [7, 11) is 1.06. The number of hydrogen-bond acceptors (Lipinski definition) is 7. The summed E-state index contributed by atoms with van der Waals surface area (Å²) in [6, 6.07) is 0.789. The van der Waals surface area contributed by atoms with Gasteiger partial charge in [0.05, 0.1) is 31.1 Å². The highest BCUT2D eigenvalue weighted by molar-refractivity contribution is 5.75. The standard InChI is InChI=1S/C11H11F3N2O6/c1-3-21-9(17)4-6-7(16(18)19)5-8(20-2)15-10(6)22-11(12,13)14/h5H,3-4H2,1-2H3. The van der Waals surface area contributed by atoms with Gasteiger partial charge in [-0.1, -0.05) is 0 Å². The SMILES string of the molecule is CCOC(=O)Cc1c([N+](=O)[O-])cc(OC)nc1OC(F)(F)F. The van der Waals surface area contributed by atoms with Crippen LogP contribution in [0.15, 0.2) is 6.07 Å². The first-order valence-electron chi connectivity index (χ1n) is 5.81. The van der Waals surface area contributed by atoms with Crippen molar-refractivity contribution in [3.63, 3.8) is 0 Å². The molecule has 0 saturated carbocycles. The van der Waals surface area contributed by atoms with Crippen LogP contribution in [0.1, 0.15) is 12.5 Å². The van der Waals surface area contributed by atoms with Crippen molar-refractivity contribution in [2.75, 3.05) is 13.7 Å². The highest BCUT2D eigenvalue weighted by Gasteiger charge is 2.36. The van der Waals surface area contributed by atoms with Gasteiger partial charge in [-0.3, -0.25) is 14.9 Å². The summed E-state index contributed by atoms with van der Waals surface area (Å²) in [6.45, 7) is 1.44. The van der Waals surface area contributed by atoms with E-state index in [9.17, 15) is 28.1 Å². The molecule has 0 amide bonds. The molecule has 122 valence electrons. The summed E-state index contributed by atoms with van der Waals surface area (Å²) in [5.74, 6) is -2.55. The zero-order chi connectivity index (χ0) is 16.9. The summed E-state index contributed by atoms with van der Waals surface area (Å²) in [4.78, 5) is 24.8. The Morgan fingerprint density at radius 3 is 2.55 bits per heavy atom. The van der Waals surface area contributed by atoms with Crippen molar-refractivity contribution >= 4 is 11.7 Å². The van der Waals surface area contributed by atoms with Crippen LogP contribution in [0.3, 0.4) is 0 Å². The van der Waals surface area contributed by atoms with Crippen LogP contribution in [-0.4, -0.2) is 36.0 Å². The van der Waals surface area contributed by atoms with Gasteiger partial charge < -0.3 is 14.2 Å². The molecule has 0 bridgehead atoms. The molecule has 1 aromatic rings. The number of alkyl halides is 3. The highest BCUT2D eigenvalue weighted by Crippen LogP contribution is 2.34. The molecule has 0 aliphatic rings. The molecule has 0 aliphatic heterocycles. The lowest BCUT2D eigenvalue weighted by Gasteiger charge is -2.13.